The van der Waals surface area contributed by atoms with Crippen molar-refractivity contribution in [3.8, 4) is 0 Å². The van der Waals surface area contributed by atoms with Crippen molar-refractivity contribution in [1.29, 1.82) is 0 Å². The van der Waals surface area contributed by atoms with Gasteiger partial charge in [0.2, 0.25) is 5.91 Å². The van der Waals surface area contributed by atoms with Crippen molar-refractivity contribution in [2.75, 3.05) is 0 Å². The van der Waals surface area contributed by atoms with Crippen molar-refractivity contribution < 1.29 is 4.79 Å². The number of thiophene rings is 1. The van der Waals surface area contributed by atoms with E-state index >= 15 is 0 Å². The summed E-state index contributed by atoms with van der Waals surface area (Å²) < 4.78 is 0. The largest absolute Gasteiger partial charge is 0.347 e. The first-order valence-corrected chi connectivity index (χ1v) is 6.48. The Morgan fingerprint density at radius 1 is 1.69 bits per heavy atom. The van der Waals surface area contributed by atoms with Gasteiger partial charge in [-0.15, -0.1) is 11.3 Å². The number of carbonyl (C=O) groups excluding carboxylic acids is 1. The Bertz CT molecular complexity index is 333. The van der Waals surface area contributed by atoms with Crippen molar-refractivity contribution in [2.24, 2.45) is 5.73 Å². The fourth-order valence-electron chi connectivity index (χ4n) is 1.60. The zero-order chi connectivity index (χ0) is 12.2. The molecule has 1 rings (SSSR count). The van der Waals surface area contributed by atoms with Crippen LogP contribution >= 0.6 is 11.3 Å². The highest BCUT2D eigenvalue weighted by molar-refractivity contribution is 7.10. The van der Waals surface area contributed by atoms with E-state index in [1.54, 1.807) is 18.3 Å². The van der Waals surface area contributed by atoms with E-state index in [0.29, 0.717) is 6.42 Å². The fraction of sp³-hybridized carbons (Fsp3) is 0.583. The molecule has 0 aromatic carbocycles. The lowest BCUT2D eigenvalue weighted by molar-refractivity contribution is -0.126. The van der Waals surface area contributed by atoms with Crippen molar-refractivity contribution in [1.82, 2.24) is 5.32 Å². The molecule has 3 N–H and O–H groups in total. The van der Waals surface area contributed by atoms with E-state index in [-0.39, 0.29) is 11.9 Å². The van der Waals surface area contributed by atoms with E-state index in [0.717, 1.165) is 11.3 Å². The average Bonchev–Trinajstić information content (AvgIpc) is 2.70. The van der Waals surface area contributed by atoms with Crippen LogP contribution in [0, 0.1) is 0 Å². The first kappa shape index (κ1) is 13.2. The third-order valence-electron chi connectivity index (χ3n) is 2.61. The quantitative estimate of drug-likeness (QED) is 0.830. The number of carbonyl (C=O) groups is 1. The highest BCUT2D eigenvalue weighted by Crippen LogP contribution is 2.19. The van der Waals surface area contributed by atoms with Gasteiger partial charge in [-0.25, -0.2) is 0 Å². The summed E-state index contributed by atoms with van der Waals surface area (Å²) in [5.41, 5.74) is 5.20. The van der Waals surface area contributed by atoms with Gasteiger partial charge >= 0.3 is 0 Å². The molecule has 4 heteroatoms. The summed E-state index contributed by atoms with van der Waals surface area (Å²) in [5, 5.41) is 4.96. The second-order valence-electron chi connectivity index (χ2n) is 4.38. The van der Waals surface area contributed by atoms with Crippen LogP contribution in [0.2, 0.25) is 0 Å². The van der Waals surface area contributed by atoms with Crippen molar-refractivity contribution in [3.63, 3.8) is 0 Å². The minimum absolute atomic E-state index is 0.0345. The number of hydrogen-bond acceptors (Lipinski definition) is 3. The van der Waals surface area contributed by atoms with Crippen molar-refractivity contribution in [2.45, 2.75) is 45.2 Å². The lowest BCUT2D eigenvalue weighted by Gasteiger charge is -2.25. The van der Waals surface area contributed by atoms with Crippen LogP contribution in [-0.2, 0) is 4.79 Å². The highest BCUT2D eigenvalue weighted by atomic mass is 32.1. The molecule has 1 aromatic heterocycles. The molecular formula is C12H20N2OS. The van der Waals surface area contributed by atoms with E-state index in [9.17, 15) is 4.79 Å². The monoisotopic (exact) mass is 240 g/mol. The van der Waals surface area contributed by atoms with Gasteiger partial charge in [-0.2, -0.15) is 0 Å². The number of hydrogen-bond donors (Lipinski definition) is 2. The number of rotatable bonds is 5. The minimum atomic E-state index is -0.764. The lowest BCUT2D eigenvalue weighted by Crippen LogP contribution is -2.51. The number of nitrogens with one attached hydrogen (secondary N) is 1. The van der Waals surface area contributed by atoms with Gasteiger partial charge in [0.25, 0.3) is 0 Å². The van der Waals surface area contributed by atoms with Gasteiger partial charge < -0.3 is 11.1 Å². The Morgan fingerprint density at radius 3 is 2.88 bits per heavy atom. The first-order chi connectivity index (χ1) is 7.47. The van der Waals surface area contributed by atoms with Gasteiger partial charge in [-0.3, -0.25) is 4.79 Å². The molecule has 0 fully saturated rings. The molecule has 0 bridgehead atoms. The summed E-state index contributed by atoms with van der Waals surface area (Å²) in [6.07, 6.45) is 1.61. The molecule has 2 unspecified atom stereocenters. The van der Waals surface area contributed by atoms with Crippen LogP contribution in [0.5, 0.6) is 0 Å². The molecule has 0 aliphatic rings. The average molecular weight is 240 g/mol. The van der Waals surface area contributed by atoms with E-state index in [2.05, 4.69) is 5.32 Å². The first-order valence-electron chi connectivity index (χ1n) is 5.60. The minimum Gasteiger partial charge on any atom is -0.347 e. The molecule has 3 nitrogen and oxygen atoms in total. The van der Waals surface area contributed by atoms with Crippen LogP contribution < -0.4 is 11.1 Å². The molecule has 0 aliphatic heterocycles. The molecule has 16 heavy (non-hydrogen) atoms. The van der Waals surface area contributed by atoms with E-state index in [1.165, 1.54) is 0 Å². The van der Waals surface area contributed by atoms with Crippen LogP contribution in [0.15, 0.2) is 17.5 Å². The van der Waals surface area contributed by atoms with Gasteiger partial charge in [0.15, 0.2) is 0 Å². The molecule has 0 saturated heterocycles. The van der Waals surface area contributed by atoms with Crippen LogP contribution in [0.4, 0.5) is 0 Å². The second-order valence-corrected chi connectivity index (χ2v) is 5.36. The molecule has 0 radical (unpaired) electrons. The summed E-state index contributed by atoms with van der Waals surface area (Å²) in [7, 11) is 0. The third-order valence-corrected chi connectivity index (χ3v) is 3.66. The predicted molar refractivity (Wildman–Crippen MR) is 68.4 cm³/mol. The molecule has 1 heterocycles. The highest BCUT2D eigenvalue weighted by Gasteiger charge is 2.28. The molecule has 2 atom stereocenters. The SMILES string of the molecule is CCCC(C)(N)C(=O)NC(C)c1cccs1. The molecule has 0 spiro atoms. The van der Waals surface area contributed by atoms with Gasteiger partial charge in [0, 0.05) is 4.88 Å². The maximum absolute atomic E-state index is 11.9. The molecular weight excluding hydrogens is 220 g/mol. The molecule has 0 aliphatic carbocycles. The molecule has 90 valence electrons. The molecule has 0 saturated carbocycles. The van der Waals surface area contributed by atoms with Gasteiger partial charge in [-0.1, -0.05) is 19.4 Å². The normalized spacial score (nSPS) is 16.5. The zero-order valence-electron chi connectivity index (χ0n) is 10.1. The van der Waals surface area contributed by atoms with Crippen LogP contribution in [0.1, 0.15) is 44.5 Å². The second kappa shape index (κ2) is 5.46. The summed E-state index contributed by atoms with van der Waals surface area (Å²) in [6.45, 7) is 5.79. The summed E-state index contributed by atoms with van der Waals surface area (Å²) in [4.78, 5) is 13.1. The predicted octanol–water partition coefficient (Wildman–Crippen LogP) is 2.44. The Morgan fingerprint density at radius 2 is 2.38 bits per heavy atom. The molecule has 1 aromatic rings. The fourth-order valence-corrected chi connectivity index (χ4v) is 2.34. The Kier molecular flexibility index (Phi) is 4.50. The third kappa shape index (κ3) is 3.32. The topological polar surface area (TPSA) is 55.1 Å². The number of nitrogens with two attached hydrogens (primary N) is 1. The van der Waals surface area contributed by atoms with Crippen LogP contribution in [0.25, 0.3) is 0 Å². The molecule has 1 amide bonds. The van der Waals surface area contributed by atoms with Gasteiger partial charge in [0.1, 0.15) is 0 Å². The Balaban J connectivity index is 2.57. The van der Waals surface area contributed by atoms with Crippen LogP contribution in [0.3, 0.4) is 0 Å². The maximum Gasteiger partial charge on any atom is 0.240 e. The summed E-state index contributed by atoms with van der Waals surface area (Å²) in [6, 6.07) is 4.03. The Labute approximate surface area is 101 Å². The smallest absolute Gasteiger partial charge is 0.240 e. The van der Waals surface area contributed by atoms with Gasteiger partial charge in [0.05, 0.1) is 11.6 Å². The summed E-state index contributed by atoms with van der Waals surface area (Å²) >= 11 is 1.64. The van der Waals surface area contributed by atoms with E-state index in [4.69, 9.17) is 5.73 Å². The lowest BCUT2D eigenvalue weighted by atomic mass is 9.96. The number of amides is 1. The van der Waals surface area contributed by atoms with Crippen molar-refractivity contribution in [3.05, 3.63) is 22.4 Å². The summed E-state index contributed by atoms with van der Waals surface area (Å²) in [5.74, 6) is -0.0738. The van der Waals surface area contributed by atoms with Crippen molar-refractivity contribution >= 4 is 17.2 Å². The zero-order valence-corrected chi connectivity index (χ0v) is 10.9. The Hall–Kier alpha value is -0.870. The van der Waals surface area contributed by atoms with Gasteiger partial charge in [-0.05, 0) is 31.7 Å². The maximum atomic E-state index is 11.9. The standard InChI is InChI=1S/C12H20N2OS/c1-4-7-12(3,13)11(15)14-9(2)10-6-5-8-16-10/h5-6,8-9H,4,7,13H2,1-3H3,(H,14,15). The van der Waals surface area contributed by atoms with E-state index < -0.39 is 5.54 Å². The van der Waals surface area contributed by atoms with E-state index in [1.807, 2.05) is 31.4 Å². The van der Waals surface area contributed by atoms with Crippen LogP contribution in [-0.4, -0.2) is 11.4 Å².